The maximum Gasteiger partial charge on any atom is 0.286 e. The Hall–Kier alpha value is -2.96. The number of furan rings is 1. The molecule has 1 heterocycles. The molecule has 122 valence electrons. The lowest BCUT2D eigenvalue weighted by Gasteiger charge is -2.11. The molecule has 0 aliphatic heterocycles. The second-order valence-electron chi connectivity index (χ2n) is 4.60. The van der Waals surface area contributed by atoms with Gasteiger partial charge < -0.3 is 24.5 Å². The highest BCUT2D eigenvalue weighted by Gasteiger charge is 2.11. The highest BCUT2D eigenvalue weighted by Crippen LogP contribution is 2.28. The van der Waals surface area contributed by atoms with Crippen LogP contribution in [0.1, 0.15) is 17.0 Å². The molecule has 0 bridgehead atoms. The standard InChI is InChI=1S/C16H18N2O5/c1-21-11-5-6-13(22-2)12(10-11)18-15(19)7-8-17-16(20)14-4-3-9-23-14/h3-6,9-10H,7-8H2,1-2H3,(H,17,20)(H,18,19). The Morgan fingerprint density at radius 3 is 2.65 bits per heavy atom. The van der Waals surface area contributed by atoms with Crippen molar-refractivity contribution in [2.75, 3.05) is 26.1 Å². The van der Waals surface area contributed by atoms with Crippen molar-refractivity contribution in [3.05, 3.63) is 42.4 Å². The van der Waals surface area contributed by atoms with E-state index in [1.165, 1.54) is 20.5 Å². The van der Waals surface area contributed by atoms with Crippen LogP contribution in [-0.2, 0) is 4.79 Å². The van der Waals surface area contributed by atoms with Gasteiger partial charge in [-0.3, -0.25) is 9.59 Å². The van der Waals surface area contributed by atoms with Gasteiger partial charge in [-0.25, -0.2) is 0 Å². The first kappa shape index (κ1) is 16.4. The average Bonchev–Trinajstić information content (AvgIpc) is 3.09. The van der Waals surface area contributed by atoms with Crippen LogP contribution in [0.5, 0.6) is 11.5 Å². The van der Waals surface area contributed by atoms with Crippen LogP contribution < -0.4 is 20.1 Å². The number of benzene rings is 1. The molecule has 2 N–H and O–H groups in total. The smallest absolute Gasteiger partial charge is 0.286 e. The van der Waals surface area contributed by atoms with Gasteiger partial charge in [-0.05, 0) is 24.3 Å². The number of methoxy groups -OCH3 is 2. The van der Waals surface area contributed by atoms with Crippen LogP contribution in [0.4, 0.5) is 5.69 Å². The number of anilines is 1. The van der Waals surface area contributed by atoms with Crippen LogP contribution in [0.15, 0.2) is 41.0 Å². The molecule has 0 saturated heterocycles. The zero-order chi connectivity index (χ0) is 16.7. The Bertz CT molecular complexity index is 667. The Morgan fingerprint density at radius 2 is 2.00 bits per heavy atom. The molecule has 2 amide bonds. The quantitative estimate of drug-likeness (QED) is 0.815. The van der Waals surface area contributed by atoms with Gasteiger partial charge in [0.05, 0.1) is 26.2 Å². The average molecular weight is 318 g/mol. The molecule has 0 aliphatic carbocycles. The molecule has 1 aromatic carbocycles. The predicted molar refractivity (Wildman–Crippen MR) is 83.8 cm³/mol. The Balaban J connectivity index is 1.86. The molecule has 0 radical (unpaired) electrons. The van der Waals surface area contributed by atoms with Crippen molar-refractivity contribution in [1.82, 2.24) is 5.32 Å². The molecule has 0 spiro atoms. The van der Waals surface area contributed by atoms with E-state index in [2.05, 4.69) is 10.6 Å². The topological polar surface area (TPSA) is 89.8 Å². The van der Waals surface area contributed by atoms with Crippen molar-refractivity contribution < 1.29 is 23.5 Å². The molecule has 23 heavy (non-hydrogen) atoms. The molecular formula is C16H18N2O5. The van der Waals surface area contributed by atoms with Crippen molar-refractivity contribution in [2.24, 2.45) is 0 Å². The normalized spacial score (nSPS) is 10.0. The van der Waals surface area contributed by atoms with Gasteiger partial charge in [-0.2, -0.15) is 0 Å². The second-order valence-corrected chi connectivity index (χ2v) is 4.60. The first-order valence-electron chi connectivity index (χ1n) is 6.97. The van der Waals surface area contributed by atoms with E-state index in [9.17, 15) is 9.59 Å². The van der Waals surface area contributed by atoms with Crippen molar-refractivity contribution in [1.29, 1.82) is 0 Å². The number of hydrogen-bond donors (Lipinski definition) is 2. The van der Waals surface area contributed by atoms with Gasteiger partial charge in [0.1, 0.15) is 11.5 Å². The summed E-state index contributed by atoms with van der Waals surface area (Å²) in [6, 6.07) is 8.27. The zero-order valence-electron chi connectivity index (χ0n) is 12.9. The minimum absolute atomic E-state index is 0.118. The number of nitrogens with one attached hydrogen (secondary N) is 2. The molecule has 2 rings (SSSR count). The lowest BCUT2D eigenvalue weighted by Crippen LogP contribution is -2.27. The number of rotatable bonds is 7. The summed E-state index contributed by atoms with van der Waals surface area (Å²) < 4.78 is 15.3. The fourth-order valence-electron chi connectivity index (χ4n) is 1.91. The number of carbonyl (C=O) groups excluding carboxylic acids is 2. The first-order chi connectivity index (χ1) is 11.1. The van der Waals surface area contributed by atoms with Gasteiger partial charge in [-0.1, -0.05) is 0 Å². The molecule has 7 heteroatoms. The Kier molecular flexibility index (Phi) is 5.62. The minimum Gasteiger partial charge on any atom is -0.497 e. The van der Waals surface area contributed by atoms with Crippen LogP contribution in [0.25, 0.3) is 0 Å². The summed E-state index contributed by atoms with van der Waals surface area (Å²) in [5.74, 6) is 0.726. The van der Waals surface area contributed by atoms with Crippen LogP contribution >= 0.6 is 0 Å². The third kappa shape index (κ3) is 4.50. The van der Waals surface area contributed by atoms with Gasteiger partial charge in [0.2, 0.25) is 5.91 Å². The minimum atomic E-state index is -0.359. The Morgan fingerprint density at radius 1 is 1.17 bits per heavy atom. The van der Waals surface area contributed by atoms with Gasteiger partial charge in [0.15, 0.2) is 5.76 Å². The zero-order valence-corrected chi connectivity index (χ0v) is 12.9. The van der Waals surface area contributed by atoms with E-state index in [0.717, 1.165) is 0 Å². The van der Waals surface area contributed by atoms with Crippen molar-refractivity contribution in [3.63, 3.8) is 0 Å². The summed E-state index contributed by atoms with van der Waals surface area (Å²) in [5, 5.41) is 5.33. The summed E-state index contributed by atoms with van der Waals surface area (Å²) in [7, 11) is 3.05. The molecule has 7 nitrogen and oxygen atoms in total. The fraction of sp³-hybridized carbons (Fsp3) is 0.250. The van der Waals surface area contributed by atoms with Gasteiger partial charge in [0, 0.05) is 19.0 Å². The number of hydrogen-bond acceptors (Lipinski definition) is 5. The summed E-state index contributed by atoms with van der Waals surface area (Å²) in [6.45, 7) is 0.192. The monoisotopic (exact) mass is 318 g/mol. The van der Waals surface area contributed by atoms with Gasteiger partial charge in [0.25, 0.3) is 5.91 Å². The van der Waals surface area contributed by atoms with E-state index in [4.69, 9.17) is 13.9 Å². The van der Waals surface area contributed by atoms with Crippen molar-refractivity contribution in [3.8, 4) is 11.5 Å². The summed E-state index contributed by atoms with van der Waals surface area (Å²) in [6.07, 6.45) is 1.53. The van der Waals surface area contributed by atoms with Crippen molar-refractivity contribution >= 4 is 17.5 Å². The molecule has 0 atom stereocenters. The third-order valence-corrected chi connectivity index (χ3v) is 3.06. The molecule has 0 aliphatic rings. The largest absolute Gasteiger partial charge is 0.497 e. The third-order valence-electron chi connectivity index (χ3n) is 3.06. The van der Waals surface area contributed by atoms with Crippen LogP contribution in [0.3, 0.4) is 0 Å². The highest BCUT2D eigenvalue weighted by molar-refractivity contribution is 5.94. The summed E-state index contributed by atoms with van der Waals surface area (Å²) in [4.78, 5) is 23.6. The SMILES string of the molecule is COc1ccc(OC)c(NC(=O)CCNC(=O)c2ccco2)c1. The number of carbonyl (C=O) groups is 2. The van der Waals surface area contributed by atoms with Gasteiger partial charge in [-0.15, -0.1) is 0 Å². The summed E-state index contributed by atoms with van der Waals surface area (Å²) in [5.41, 5.74) is 0.509. The second kappa shape index (κ2) is 7.88. The van der Waals surface area contributed by atoms with Crippen LogP contribution in [0, 0.1) is 0 Å². The van der Waals surface area contributed by atoms with E-state index in [1.54, 1.807) is 30.3 Å². The lowest BCUT2D eigenvalue weighted by atomic mass is 10.2. The fourth-order valence-corrected chi connectivity index (χ4v) is 1.91. The van der Waals surface area contributed by atoms with Crippen LogP contribution in [0.2, 0.25) is 0 Å². The molecule has 0 fully saturated rings. The van der Waals surface area contributed by atoms with Crippen LogP contribution in [-0.4, -0.2) is 32.6 Å². The molecule has 0 saturated carbocycles. The summed E-state index contributed by atoms with van der Waals surface area (Å²) >= 11 is 0. The van der Waals surface area contributed by atoms with Crippen molar-refractivity contribution in [2.45, 2.75) is 6.42 Å². The molecule has 1 aromatic heterocycles. The Labute approximate surface area is 133 Å². The number of amides is 2. The maximum atomic E-state index is 12.0. The molecular weight excluding hydrogens is 300 g/mol. The van der Waals surface area contributed by atoms with E-state index in [-0.39, 0.29) is 30.5 Å². The van der Waals surface area contributed by atoms with Gasteiger partial charge >= 0.3 is 0 Å². The molecule has 0 unspecified atom stereocenters. The van der Waals surface area contributed by atoms with E-state index >= 15 is 0 Å². The lowest BCUT2D eigenvalue weighted by molar-refractivity contribution is -0.116. The van der Waals surface area contributed by atoms with E-state index < -0.39 is 0 Å². The molecule has 2 aromatic rings. The van der Waals surface area contributed by atoms with E-state index in [1.807, 2.05) is 0 Å². The predicted octanol–water partition coefficient (Wildman–Crippen LogP) is 2.06. The van der Waals surface area contributed by atoms with E-state index in [0.29, 0.717) is 17.2 Å². The number of ether oxygens (including phenoxy) is 2. The first-order valence-corrected chi connectivity index (χ1v) is 6.97. The highest BCUT2D eigenvalue weighted by atomic mass is 16.5. The maximum absolute atomic E-state index is 12.0.